The molecule has 0 saturated carbocycles. The molecule has 1 aromatic rings. The first-order chi connectivity index (χ1) is 11.5. The van der Waals surface area contributed by atoms with E-state index in [0.29, 0.717) is 11.8 Å². The molecule has 2 unspecified atom stereocenters. The molecule has 3 heteroatoms. The van der Waals surface area contributed by atoms with Crippen molar-refractivity contribution in [2.24, 2.45) is 5.92 Å². The summed E-state index contributed by atoms with van der Waals surface area (Å²) in [6, 6.07) is 8.51. The van der Waals surface area contributed by atoms with E-state index < -0.39 is 0 Å². The molecule has 1 aliphatic rings. The highest BCUT2D eigenvalue weighted by Crippen LogP contribution is 2.35. The van der Waals surface area contributed by atoms with Gasteiger partial charge in [-0.3, -0.25) is 4.79 Å². The number of hydrogen-bond donors (Lipinski definition) is 0. The summed E-state index contributed by atoms with van der Waals surface area (Å²) >= 11 is 0. The maximum Gasteiger partial charge on any atom is 0.219 e. The average Bonchev–Trinajstić information content (AvgIpc) is 2.64. The van der Waals surface area contributed by atoms with Crippen LogP contribution < -0.4 is 0 Å². The monoisotopic (exact) mass is 329 g/mol. The van der Waals surface area contributed by atoms with Gasteiger partial charge in [0, 0.05) is 20.0 Å². The van der Waals surface area contributed by atoms with Crippen LogP contribution in [-0.4, -0.2) is 31.7 Å². The van der Waals surface area contributed by atoms with Gasteiger partial charge in [-0.25, -0.2) is 0 Å². The molecule has 0 bridgehead atoms. The first-order valence-corrected chi connectivity index (χ1v) is 9.60. The van der Waals surface area contributed by atoms with Crippen molar-refractivity contribution in [3.8, 4) is 0 Å². The molecule has 0 spiro atoms. The van der Waals surface area contributed by atoms with Crippen LogP contribution in [0, 0.1) is 5.92 Å². The molecular weight excluding hydrogens is 293 g/mol. The topological polar surface area (TPSA) is 20.3 Å². The van der Waals surface area contributed by atoms with Crippen molar-refractivity contribution < 1.29 is 4.79 Å². The van der Waals surface area contributed by atoms with Crippen LogP contribution in [0.3, 0.4) is 0 Å². The first kappa shape index (κ1) is 22.8. The number of hydrogen-bond acceptors (Lipinski definition) is 1. The van der Waals surface area contributed by atoms with Crippen molar-refractivity contribution in [2.75, 3.05) is 13.1 Å². The maximum absolute atomic E-state index is 11.4. The number of carbonyl (C=O) groups is 1. The molecule has 2 atom stereocenters. The molecular formula is C21H36BNO. The number of nitrogens with zero attached hydrogens (tertiary/aromatic N) is 1. The van der Waals surface area contributed by atoms with Crippen molar-refractivity contribution in [1.29, 1.82) is 0 Å². The van der Waals surface area contributed by atoms with Gasteiger partial charge in [-0.1, -0.05) is 77.2 Å². The minimum Gasteiger partial charge on any atom is -0.343 e. The third-order valence-corrected chi connectivity index (χ3v) is 4.67. The molecule has 2 nitrogen and oxygen atoms in total. The molecule has 0 aliphatic carbocycles. The van der Waals surface area contributed by atoms with Crippen molar-refractivity contribution in [1.82, 2.24) is 4.90 Å². The lowest BCUT2D eigenvalue weighted by Gasteiger charge is -2.35. The van der Waals surface area contributed by atoms with E-state index in [2.05, 4.69) is 31.2 Å². The van der Waals surface area contributed by atoms with Crippen LogP contribution >= 0.6 is 0 Å². The van der Waals surface area contributed by atoms with Gasteiger partial charge in [0.1, 0.15) is 0 Å². The van der Waals surface area contributed by atoms with Gasteiger partial charge in [-0.05, 0) is 30.2 Å². The molecule has 1 aliphatic heterocycles. The lowest BCUT2D eigenvalue weighted by atomic mass is 9.74. The summed E-state index contributed by atoms with van der Waals surface area (Å²) in [4.78, 5) is 13.4. The van der Waals surface area contributed by atoms with Gasteiger partial charge in [-0.2, -0.15) is 0 Å². The van der Waals surface area contributed by atoms with E-state index in [9.17, 15) is 4.79 Å². The number of benzene rings is 1. The summed E-state index contributed by atoms with van der Waals surface area (Å²) in [6.45, 7) is 15.8. The first-order valence-electron chi connectivity index (χ1n) is 9.60. The molecule has 0 aromatic heterocycles. The van der Waals surface area contributed by atoms with Crippen LogP contribution in [0.5, 0.6) is 0 Å². The van der Waals surface area contributed by atoms with E-state index in [1.165, 1.54) is 11.1 Å². The molecule has 2 radical (unpaired) electrons. The van der Waals surface area contributed by atoms with Crippen LogP contribution in [0.1, 0.15) is 84.2 Å². The fourth-order valence-corrected chi connectivity index (χ4v) is 3.31. The van der Waals surface area contributed by atoms with Gasteiger partial charge < -0.3 is 4.90 Å². The van der Waals surface area contributed by atoms with Crippen LogP contribution in [0.25, 0.3) is 0 Å². The largest absolute Gasteiger partial charge is 0.343 e. The third-order valence-electron chi connectivity index (χ3n) is 4.67. The average molecular weight is 329 g/mol. The second-order valence-corrected chi connectivity index (χ2v) is 6.05. The predicted molar refractivity (Wildman–Crippen MR) is 107 cm³/mol. The fraction of sp³-hybridized carbons (Fsp3) is 0.667. The fourth-order valence-electron chi connectivity index (χ4n) is 3.31. The molecule has 1 heterocycles. The molecule has 1 amide bonds. The van der Waals surface area contributed by atoms with Crippen LogP contribution in [-0.2, 0) is 4.79 Å². The van der Waals surface area contributed by atoms with Crippen molar-refractivity contribution >= 4 is 13.8 Å². The van der Waals surface area contributed by atoms with Crippen molar-refractivity contribution in [3.63, 3.8) is 0 Å². The number of likely N-dealkylation sites (tertiary alicyclic amines) is 1. The molecule has 2 rings (SSSR count). The van der Waals surface area contributed by atoms with Gasteiger partial charge >= 0.3 is 0 Å². The van der Waals surface area contributed by atoms with Gasteiger partial charge in [0.2, 0.25) is 5.91 Å². The SMILES string of the molecule is CC.CC.[B]C(C)c1ccccc1C(C)C1CCN(C(C)=O)CC1. The molecule has 1 saturated heterocycles. The lowest BCUT2D eigenvalue weighted by molar-refractivity contribution is -0.130. The zero-order chi connectivity index (χ0) is 18.7. The van der Waals surface area contributed by atoms with Gasteiger partial charge in [0.15, 0.2) is 0 Å². The Bertz CT molecular complexity index is 465. The zero-order valence-electron chi connectivity index (χ0n) is 16.8. The Labute approximate surface area is 151 Å². The molecule has 0 N–H and O–H groups in total. The number of piperidine rings is 1. The van der Waals surface area contributed by atoms with Crippen LogP contribution in [0.2, 0.25) is 0 Å². The lowest BCUT2D eigenvalue weighted by Crippen LogP contribution is -2.38. The summed E-state index contributed by atoms with van der Waals surface area (Å²) in [6.07, 6.45) is 2.18. The van der Waals surface area contributed by atoms with Gasteiger partial charge in [0.05, 0.1) is 7.85 Å². The van der Waals surface area contributed by atoms with E-state index in [1.807, 2.05) is 39.5 Å². The summed E-state index contributed by atoms with van der Waals surface area (Å²) in [5, 5.41) is 0. The van der Waals surface area contributed by atoms with Gasteiger partial charge in [-0.15, -0.1) is 0 Å². The summed E-state index contributed by atoms with van der Waals surface area (Å²) in [5.74, 6) is 1.43. The van der Waals surface area contributed by atoms with Crippen LogP contribution in [0.15, 0.2) is 24.3 Å². The van der Waals surface area contributed by atoms with E-state index >= 15 is 0 Å². The van der Waals surface area contributed by atoms with Crippen molar-refractivity contribution in [2.45, 2.75) is 73.0 Å². The van der Waals surface area contributed by atoms with E-state index in [0.717, 1.165) is 25.9 Å². The molecule has 134 valence electrons. The Hall–Kier alpha value is -1.25. The second-order valence-electron chi connectivity index (χ2n) is 6.05. The highest BCUT2D eigenvalue weighted by molar-refractivity contribution is 6.12. The quantitative estimate of drug-likeness (QED) is 0.686. The smallest absolute Gasteiger partial charge is 0.219 e. The Balaban J connectivity index is 0.00000123. The highest BCUT2D eigenvalue weighted by Gasteiger charge is 2.27. The van der Waals surface area contributed by atoms with E-state index in [-0.39, 0.29) is 11.7 Å². The van der Waals surface area contributed by atoms with E-state index in [4.69, 9.17) is 7.85 Å². The van der Waals surface area contributed by atoms with Crippen molar-refractivity contribution in [3.05, 3.63) is 35.4 Å². The molecule has 24 heavy (non-hydrogen) atoms. The maximum atomic E-state index is 11.4. The standard InChI is InChI=1S/C17H24BNO.2C2H6/c1-12(15-8-10-19(11-9-15)14(3)20)16-6-4-5-7-17(16)13(2)18;2*1-2/h4-7,12-13,15H,8-11H2,1-3H3;2*1-2H3. The normalized spacial score (nSPS) is 16.9. The Morgan fingerprint density at radius 1 is 1.04 bits per heavy atom. The van der Waals surface area contributed by atoms with Gasteiger partial charge in [0.25, 0.3) is 0 Å². The Morgan fingerprint density at radius 2 is 1.50 bits per heavy atom. The predicted octanol–water partition coefficient (Wildman–Crippen LogP) is 5.33. The highest BCUT2D eigenvalue weighted by atomic mass is 16.2. The molecule has 1 aromatic carbocycles. The number of rotatable bonds is 3. The van der Waals surface area contributed by atoms with Crippen LogP contribution in [0.4, 0.5) is 0 Å². The Morgan fingerprint density at radius 3 is 1.92 bits per heavy atom. The second kappa shape index (κ2) is 12.2. The summed E-state index contributed by atoms with van der Waals surface area (Å²) in [7, 11) is 6.09. The molecule has 1 fully saturated rings. The third kappa shape index (κ3) is 6.34. The minimum atomic E-state index is 0.0750. The zero-order valence-corrected chi connectivity index (χ0v) is 16.8. The van der Waals surface area contributed by atoms with E-state index in [1.54, 1.807) is 6.92 Å². The summed E-state index contributed by atoms with van der Waals surface area (Å²) in [5.41, 5.74) is 2.64. The Kier molecular flexibility index (Phi) is 11.5. The number of amides is 1. The number of carbonyl (C=O) groups excluding carboxylic acids is 1. The minimum absolute atomic E-state index is 0.0750. The summed E-state index contributed by atoms with van der Waals surface area (Å²) < 4.78 is 0.